The third kappa shape index (κ3) is 4.98. The van der Waals surface area contributed by atoms with Crippen molar-refractivity contribution in [3.05, 3.63) is 23.8 Å². The van der Waals surface area contributed by atoms with Gasteiger partial charge in [-0.3, -0.25) is 4.79 Å². The summed E-state index contributed by atoms with van der Waals surface area (Å²) < 4.78 is 2.44. The number of hydrogen-bond acceptors (Lipinski definition) is 4. The molecule has 0 radical (unpaired) electrons. The first kappa shape index (κ1) is 23.7. The SMILES string of the molecule is CCCN1CCCC(N(C)C(=O)c2ccc3c(c2)nc(N2CCCCC2C)n3CC2CC2)CC1. The summed E-state index contributed by atoms with van der Waals surface area (Å²) in [5.74, 6) is 2.04. The van der Waals surface area contributed by atoms with Gasteiger partial charge < -0.3 is 19.3 Å². The van der Waals surface area contributed by atoms with Crippen LogP contribution in [0, 0.1) is 5.92 Å². The van der Waals surface area contributed by atoms with Gasteiger partial charge in [0.15, 0.2) is 0 Å². The summed E-state index contributed by atoms with van der Waals surface area (Å²) in [6.45, 7) is 10.1. The molecule has 3 aliphatic rings. The lowest BCUT2D eigenvalue weighted by Crippen LogP contribution is -2.39. The van der Waals surface area contributed by atoms with Crippen LogP contribution in [-0.4, -0.2) is 70.6 Å². The number of amides is 1. The van der Waals surface area contributed by atoms with Crippen molar-refractivity contribution in [2.24, 2.45) is 5.92 Å². The first-order valence-corrected chi connectivity index (χ1v) is 13.8. The minimum atomic E-state index is 0.139. The zero-order valence-corrected chi connectivity index (χ0v) is 21.5. The molecular formula is C28H43N5O. The number of piperidine rings is 1. The number of aromatic nitrogens is 2. The number of benzene rings is 1. The number of hydrogen-bond donors (Lipinski definition) is 0. The molecule has 1 aliphatic carbocycles. The maximum absolute atomic E-state index is 13.5. The third-order valence-electron chi connectivity index (χ3n) is 8.37. The van der Waals surface area contributed by atoms with Gasteiger partial charge in [0, 0.05) is 44.3 Å². The molecule has 0 bridgehead atoms. The summed E-state index contributed by atoms with van der Waals surface area (Å²) in [5, 5.41) is 0. The molecule has 0 spiro atoms. The van der Waals surface area contributed by atoms with Gasteiger partial charge in [0.05, 0.1) is 11.0 Å². The molecule has 186 valence electrons. The number of fused-ring (bicyclic) bond motifs is 1. The minimum absolute atomic E-state index is 0.139. The standard InChI is InChI=1S/C28H43N5O/c1-4-15-31-16-7-9-24(14-18-31)30(3)27(34)23-12-13-26-25(19-23)29-28(33(26)20-22-10-11-22)32-17-6-5-8-21(32)2/h12-13,19,21-22,24H,4-11,14-18,20H2,1-3H3. The second kappa shape index (κ2) is 10.3. The van der Waals surface area contributed by atoms with E-state index >= 15 is 0 Å². The fourth-order valence-electron chi connectivity index (χ4n) is 6.04. The predicted octanol–water partition coefficient (Wildman–Crippen LogP) is 5.16. The Bertz CT molecular complexity index is 996. The van der Waals surface area contributed by atoms with E-state index in [1.165, 1.54) is 57.0 Å². The van der Waals surface area contributed by atoms with Crippen molar-refractivity contribution in [3.63, 3.8) is 0 Å². The summed E-state index contributed by atoms with van der Waals surface area (Å²) in [6.07, 6.45) is 11.0. The van der Waals surface area contributed by atoms with E-state index in [2.05, 4.69) is 40.3 Å². The van der Waals surface area contributed by atoms with Gasteiger partial charge in [-0.25, -0.2) is 4.98 Å². The second-order valence-electron chi connectivity index (χ2n) is 11.0. The van der Waals surface area contributed by atoms with Crippen LogP contribution in [0.2, 0.25) is 0 Å². The van der Waals surface area contributed by atoms with Crippen molar-refractivity contribution in [2.75, 3.05) is 38.1 Å². The zero-order valence-electron chi connectivity index (χ0n) is 21.5. The predicted molar refractivity (Wildman–Crippen MR) is 140 cm³/mol. The van der Waals surface area contributed by atoms with Gasteiger partial charge in [-0.1, -0.05) is 6.92 Å². The van der Waals surface area contributed by atoms with Gasteiger partial charge in [0.25, 0.3) is 5.91 Å². The molecule has 1 saturated carbocycles. The first-order chi connectivity index (χ1) is 16.5. The molecule has 2 atom stereocenters. The maximum Gasteiger partial charge on any atom is 0.253 e. The smallest absolute Gasteiger partial charge is 0.253 e. The maximum atomic E-state index is 13.5. The van der Waals surface area contributed by atoms with Gasteiger partial charge in [0.1, 0.15) is 0 Å². The van der Waals surface area contributed by atoms with Crippen molar-refractivity contribution < 1.29 is 4.79 Å². The lowest BCUT2D eigenvalue weighted by molar-refractivity contribution is 0.0718. The molecule has 2 aromatic rings. The molecule has 0 N–H and O–H groups in total. The summed E-state index contributed by atoms with van der Waals surface area (Å²) in [5.41, 5.74) is 2.94. The van der Waals surface area contributed by atoms with Crippen molar-refractivity contribution in [2.45, 2.75) is 90.3 Å². The number of carbonyl (C=O) groups is 1. The van der Waals surface area contributed by atoms with E-state index in [1.807, 2.05) is 18.0 Å². The highest BCUT2D eigenvalue weighted by Crippen LogP contribution is 2.36. The summed E-state index contributed by atoms with van der Waals surface area (Å²) in [4.78, 5) is 25.7. The van der Waals surface area contributed by atoms with Crippen LogP contribution in [0.4, 0.5) is 5.95 Å². The van der Waals surface area contributed by atoms with E-state index in [1.54, 1.807) is 0 Å². The van der Waals surface area contributed by atoms with E-state index in [-0.39, 0.29) is 5.91 Å². The molecule has 2 saturated heterocycles. The summed E-state index contributed by atoms with van der Waals surface area (Å²) in [6, 6.07) is 7.09. The van der Waals surface area contributed by atoms with Crippen molar-refractivity contribution >= 4 is 22.9 Å². The first-order valence-electron chi connectivity index (χ1n) is 13.8. The molecule has 2 aliphatic heterocycles. The molecular weight excluding hydrogens is 422 g/mol. The van der Waals surface area contributed by atoms with Crippen LogP contribution in [0.1, 0.15) is 82.0 Å². The average molecular weight is 466 g/mol. The van der Waals surface area contributed by atoms with Crippen molar-refractivity contribution in [1.82, 2.24) is 19.4 Å². The molecule has 1 aromatic heterocycles. The highest BCUT2D eigenvalue weighted by Gasteiger charge is 2.29. The Morgan fingerprint density at radius 2 is 1.91 bits per heavy atom. The number of nitrogens with zero attached hydrogens (tertiary/aromatic N) is 5. The van der Waals surface area contributed by atoms with Gasteiger partial charge >= 0.3 is 0 Å². The lowest BCUT2D eigenvalue weighted by Gasteiger charge is -2.34. The molecule has 3 fully saturated rings. The third-order valence-corrected chi connectivity index (χ3v) is 8.37. The normalized spacial score (nSPS) is 24.4. The fraction of sp³-hybridized carbons (Fsp3) is 0.714. The van der Waals surface area contributed by atoms with Crippen molar-refractivity contribution in [1.29, 1.82) is 0 Å². The van der Waals surface area contributed by atoms with Gasteiger partial charge in [0.2, 0.25) is 5.95 Å². The quantitative estimate of drug-likeness (QED) is 0.566. The highest BCUT2D eigenvalue weighted by molar-refractivity contribution is 5.97. The van der Waals surface area contributed by atoms with Crippen LogP contribution in [0.3, 0.4) is 0 Å². The van der Waals surface area contributed by atoms with E-state index < -0.39 is 0 Å². The number of anilines is 1. The number of carbonyl (C=O) groups excluding carboxylic acids is 1. The molecule has 5 rings (SSSR count). The van der Waals surface area contributed by atoms with Gasteiger partial charge in [-0.2, -0.15) is 0 Å². The Morgan fingerprint density at radius 3 is 2.68 bits per heavy atom. The van der Waals surface area contributed by atoms with Crippen LogP contribution in [-0.2, 0) is 6.54 Å². The van der Waals surface area contributed by atoms with Crippen LogP contribution in [0.25, 0.3) is 11.0 Å². The zero-order chi connectivity index (χ0) is 23.7. The molecule has 1 amide bonds. The van der Waals surface area contributed by atoms with Crippen LogP contribution in [0.5, 0.6) is 0 Å². The molecule has 3 heterocycles. The van der Waals surface area contributed by atoms with E-state index in [0.717, 1.165) is 62.0 Å². The largest absolute Gasteiger partial charge is 0.340 e. The highest BCUT2D eigenvalue weighted by atomic mass is 16.2. The monoisotopic (exact) mass is 465 g/mol. The molecule has 6 nitrogen and oxygen atoms in total. The van der Waals surface area contributed by atoms with E-state index in [0.29, 0.717) is 12.1 Å². The van der Waals surface area contributed by atoms with Gasteiger partial charge in [-0.15, -0.1) is 0 Å². The Balaban J connectivity index is 1.38. The Hall–Kier alpha value is -2.08. The summed E-state index contributed by atoms with van der Waals surface area (Å²) in [7, 11) is 2.00. The molecule has 2 unspecified atom stereocenters. The molecule has 1 aromatic carbocycles. The molecule has 34 heavy (non-hydrogen) atoms. The molecule has 6 heteroatoms. The van der Waals surface area contributed by atoms with Gasteiger partial charge in [-0.05, 0) is 102 Å². The Morgan fingerprint density at radius 1 is 1.06 bits per heavy atom. The van der Waals surface area contributed by atoms with Crippen molar-refractivity contribution in [3.8, 4) is 0 Å². The number of imidazole rings is 1. The van der Waals surface area contributed by atoms with Crippen LogP contribution >= 0.6 is 0 Å². The number of rotatable bonds is 7. The lowest BCUT2D eigenvalue weighted by atomic mass is 10.0. The Kier molecular flexibility index (Phi) is 7.14. The van der Waals surface area contributed by atoms with Crippen LogP contribution < -0.4 is 4.90 Å². The summed E-state index contributed by atoms with van der Waals surface area (Å²) >= 11 is 0. The fourth-order valence-corrected chi connectivity index (χ4v) is 6.04. The Labute approximate surface area is 205 Å². The minimum Gasteiger partial charge on any atom is -0.340 e. The topological polar surface area (TPSA) is 44.6 Å². The second-order valence-corrected chi connectivity index (χ2v) is 11.0. The van der Waals surface area contributed by atoms with E-state index in [9.17, 15) is 4.79 Å². The van der Waals surface area contributed by atoms with Crippen LogP contribution in [0.15, 0.2) is 18.2 Å². The average Bonchev–Trinajstić information content (AvgIpc) is 3.63. The van der Waals surface area contributed by atoms with E-state index in [4.69, 9.17) is 4.98 Å². The number of likely N-dealkylation sites (tertiary alicyclic amines) is 1.